The molecule has 0 saturated carbocycles. The fourth-order valence-corrected chi connectivity index (χ4v) is 0.590. The third-order valence-electron chi connectivity index (χ3n) is 1.61. The summed E-state index contributed by atoms with van der Waals surface area (Å²) < 4.78 is 118. The topological polar surface area (TPSA) is 37.3 Å². The molecule has 2 nitrogen and oxygen atoms in total. The fraction of sp³-hybridized carbons (Fsp3) is 0.571. The van der Waals surface area contributed by atoms with Gasteiger partial charge in [0.15, 0.2) is 5.76 Å². The number of halogens is 10. The number of allylic oxidation sites excluding steroid dienone is 2. The zero-order valence-corrected chi connectivity index (χ0v) is 8.21. The monoisotopic (exact) mass is 308 g/mol. The van der Waals surface area contributed by atoms with Crippen molar-refractivity contribution in [1.82, 2.24) is 0 Å². The molecular formula is C7H2F10O2. The first kappa shape index (κ1) is 17.5. The van der Waals surface area contributed by atoms with Crippen molar-refractivity contribution in [1.29, 1.82) is 0 Å². The number of rotatable bonds is 3. The molecule has 0 aliphatic rings. The van der Waals surface area contributed by atoms with Crippen LogP contribution in [-0.4, -0.2) is 35.1 Å². The van der Waals surface area contributed by atoms with E-state index in [1.54, 1.807) is 0 Å². The Morgan fingerprint density at radius 1 is 0.737 bits per heavy atom. The van der Waals surface area contributed by atoms with E-state index in [4.69, 9.17) is 5.11 Å². The summed E-state index contributed by atoms with van der Waals surface area (Å²) in [6.45, 7) is 0. The van der Waals surface area contributed by atoms with Crippen molar-refractivity contribution >= 4 is 5.78 Å². The molecular weight excluding hydrogens is 306 g/mol. The second-order valence-electron chi connectivity index (χ2n) is 3.04. The minimum Gasteiger partial charge on any atom is -0.506 e. The molecule has 0 rings (SSSR count). The maximum absolute atomic E-state index is 12.2. The largest absolute Gasteiger partial charge is 0.506 e. The molecule has 12 heteroatoms. The number of carbonyl (C=O) groups is 1. The molecule has 0 amide bonds. The predicted molar refractivity (Wildman–Crippen MR) is 37.7 cm³/mol. The number of alkyl halides is 10. The van der Waals surface area contributed by atoms with Gasteiger partial charge in [0.2, 0.25) is 5.78 Å². The molecule has 112 valence electrons. The van der Waals surface area contributed by atoms with Crippen LogP contribution in [0.3, 0.4) is 0 Å². The van der Waals surface area contributed by atoms with Gasteiger partial charge >= 0.3 is 24.2 Å². The molecule has 0 fully saturated rings. The molecule has 0 saturated heterocycles. The summed E-state index contributed by atoms with van der Waals surface area (Å²) in [5.74, 6) is -19.1. The van der Waals surface area contributed by atoms with E-state index in [1.165, 1.54) is 0 Å². The minimum atomic E-state index is -6.51. The van der Waals surface area contributed by atoms with E-state index in [0.29, 0.717) is 0 Å². The van der Waals surface area contributed by atoms with Crippen molar-refractivity contribution in [3.05, 3.63) is 11.8 Å². The average molecular weight is 308 g/mol. The van der Waals surface area contributed by atoms with Crippen molar-refractivity contribution in [2.45, 2.75) is 24.2 Å². The molecule has 0 aromatic heterocycles. The molecule has 0 aromatic carbocycles. The van der Waals surface area contributed by atoms with Crippen LogP contribution in [0, 0.1) is 0 Å². The van der Waals surface area contributed by atoms with Gasteiger partial charge in [-0.15, -0.1) is 0 Å². The number of aliphatic hydroxyl groups is 1. The highest BCUT2D eigenvalue weighted by molar-refractivity contribution is 5.96. The molecule has 0 heterocycles. The van der Waals surface area contributed by atoms with Crippen LogP contribution < -0.4 is 0 Å². The van der Waals surface area contributed by atoms with Crippen LogP contribution in [-0.2, 0) is 4.79 Å². The molecule has 19 heavy (non-hydrogen) atoms. The Balaban J connectivity index is 5.46. The molecule has 0 atom stereocenters. The molecule has 0 spiro atoms. The number of hydrogen-bond donors (Lipinski definition) is 1. The van der Waals surface area contributed by atoms with Crippen LogP contribution in [0.2, 0.25) is 0 Å². The van der Waals surface area contributed by atoms with Crippen molar-refractivity contribution in [3.63, 3.8) is 0 Å². The zero-order valence-electron chi connectivity index (χ0n) is 8.21. The van der Waals surface area contributed by atoms with E-state index in [9.17, 15) is 48.7 Å². The third kappa shape index (κ3) is 3.29. The van der Waals surface area contributed by atoms with Gasteiger partial charge in [0, 0.05) is 6.08 Å². The molecule has 0 aliphatic heterocycles. The van der Waals surface area contributed by atoms with Crippen LogP contribution in [0.25, 0.3) is 0 Å². The summed E-state index contributed by atoms with van der Waals surface area (Å²) in [4.78, 5) is 10.3. The lowest BCUT2D eigenvalue weighted by Crippen LogP contribution is -2.44. The van der Waals surface area contributed by atoms with Crippen molar-refractivity contribution in [2.24, 2.45) is 0 Å². The van der Waals surface area contributed by atoms with Crippen LogP contribution in [0.4, 0.5) is 43.9 Å². The first-order chi connectivity index (χ1) is 8.05. The summed E-state index contributed by atoms with van der Waals surface area (Å²) in [5.41, 5.74) is 0. The number of ketones is 1. The van der Waals surface area contributed by atoms with E-state index < -0.39 is 41.8 Å². The third-order valence-corrected chi connectivity index (χ3v) is 1.61. The van der Waals surface area contributed by atoms with Gasteiger partial charge in [0.1, 0.15) is 0 Å². The number of hydrogen-bond acceptors (Lipinski definition) is 2. The Morgan fingerprint density at radius 3 is 1.32 bits per heavy atom. The Kier molecular flexibility index (Phi) is 4.20. The summed E-state index contributed by atoms with van der Waals surface area (Å²) in [7, 11) is 0. The summed E-state index contributed by atoms with van der Waals surface area (Å²) in [5, 5.41) is 8.18. The zero-order chi connectivity index (χ0) is 15.9. The normalized spacial score (nSPS) is 15.6. The number of carbonyl (C=O) groups excluding carboxylic acids is 1. The minimum absolute atomic E-state index is 1.51. The molecule has 0 bridgehead atoms. The summed E-state index contributed by atoms with van der Waals surface area (Å²) >= 11 is 0. The molecule has 0 aromatic rings. The lowest BCUT2D eigenvalue weighted by Gasteiger charge is -2.20. The Labute approximate surface area is 96.9 Å². The van der Waals surface area contributed by atoms with E-state index in [2.05, 4.69) is 0 Å². The standard InChI is InChI=1S/C7H2F10O2/c8-4(9,6(12,13)14)2(18)1-3(19)5(10,11)7(15,16)17/h1,18H/b2-1-. The molecule has 0 radical (unpaired) electrons. The maximum atomic E-state index is 12.2. The quantitative estimate of drug-likeness (QED) is 0.493. The lowest BCUT2D eigenvalue weighted by atomic mass is 10.1. The SMILES string of the molecule is O=C(/C=C(\O)C(F)(F)C(F)(F)F)C(F)(F)C(F)(F)F. The van der Waals surface area contributed by atoms with Crippen molar-refractivity contribution < 1.29 is 53.8 Å². The summed E-state index contributed by atoms with van der Waals surface area (Å²) in [6, 6.07) is 0. The van der Waals surface area contributed by atoms with Crippen molar-refractivity contribution in [3.8, 4) is 0 Å². The smallest absolute Gasteiger partial charge is 0.461 e. The molecule has 0 aliphatic carbocycles. The lowest BCUT2D eigenvalue weighted by molar-refractivity contribution is -0.275. The highest BCUT2D eigenvalue weighted by Gasteiger charge is 2.65. The predicted octanol–water partition coefficient (Wildman–Crippen LogP) is 3.39. The van der Waals surface area contributed by atoms with Gasteiger partial charge in [-0.3, -0.25) is 4.79 Å². The number of aliphatic hydroxyl groups excluding tert-OH is 1. The first-order valence-electron chi connectivity index (χ1n) is 3.89. The van der Waals surface area contributed by atoms with Gasteiger partial charge in [-0.05, 0) is 0 Å². The van der Waals surface area contributed by atoms with Crippen LogP contribution in [0.1, 0.15) is 0 Å². The highest BCUT2D eigenvalue weighted by Crippen LogP contribution is 2.41. The van der Waals surface area contributed by atoms with Gasteiger partial charge in [-0.1, -0.05) is 0 Å². The van der Waals surface area contributed by atoms with Crippen molar-refractivity contribution in [2.75, 3.05) is 0 Å². The maximum Gasteiger partial charge on any atom is 0.461 e. The van der Waals surface area contributed by atoms with Gasteiger partial charge in [0.25, 0.3) is 0 Å². The van der Waals surface area contributed by atoms with Crippen LogP contribution in [0.5, 0.6) is 0 Å². The molecule has 0 unspecified atom stereocenters. The van der Waals surface area contributed by atoms with Gasteiger partial charge in [0.05, 0.1) is 0 Å². The second kappa shape index (κ2) is 4.56. The van der Waals surface area contributed by atoms with Gasteiger partial charge in [-0.2, -0.15) is 43.9 Å². The Bertz CT molecular complexity index is 388. The summed E-state index contributed by atoms with van der Waals surface area (Å²) in [6.07, 6.45) is -14.5. The van der Waals surface area contributed by atoms with E-state index in [0.717, 1.165) is 0 Å². The first-order valence-corrected chi connectivity index (χ1v) is 3.89. The van der Waals surface area contributed by atoms with E-state index in [1.807, 2.05) is 0 Å². The second-order valence-corrected chi connectivity index (χ2v) is 3.04. The Hall–Kier alpha value is -1.49. The Morgan fingerprint density at radius 2 is 1.05 bits per heavy atom. The van der Waals surface area contributed by atoms with Crippen LogP contribution >= 0.6 is 0 Å². The van der Waals surface area contributed by atoms with Gasteiger partial charge < -0.3 is 5.11 Å². The van der Waals surface area contributed by atoms with E-state index in [-0.39, 0.29) is 0 Å². The van der Waals surface area contributed by atoms with Crippen LogP contribution in [0.15, 0.2) is 11.8 Å². The fourth-order valence-electron chi connectivity index (χ4n) is 0.590. The van der Waals surface area contributed by atoms with Gasteiger partial charge in [-0.25, -0.2) is 0 Å². The average Bonchev–Trinajstić information content (AvgIpc) is 2.13. The molecule has 1 N–H and O–H groups in total. The highest BCUT2D eigenvalue weighted by atomic mass is 19.4. The van der Waals surface area contributed by atoms with E-state index >= 15 is 0 Å².